The molecule has 0 fully saturated rings. The van der Waals surface area contributed by atoms with E-state index in [0.29, 0.717) is 18.1 Å². The third-order valence-corrected chi connectivity index (χ3v) is 3.37. The molecule has 2 atom stereocenters. The minimum Gasteiger partial charge on any atom is -0.489 e. The first-order valence-corrected chi connectivity index (χ1v) is 6.88. The van der Waals surface area contributed by atoms with Crippen LogP contribution >= 0.6 is 0 Å². The van der Waals surface area contributed by atoms with Crippen LogP contribution in [0.2, 0.25) is 0 Å². The number of aliphatic hydroxyl groups is 2. The lowest BCUT2D eigenvalue weighted by Gasteiger charge is -2.36. The predicted molar refractivity (Wildman–Crippen MR) is 78.5 cm³/mol. The Balaban J connectivity index is 1.75. The largest absolute Gasteiger partial charge is 0.489 e. The van der Waals surface area contributed by atoms with Crippen molar-refractivity contribution in [2.75, 3.05) is 6.54 Å². The van der Waals surface area contributed by atoms with Gasteiger partial charge in [-0.25, -0.2) is 0 Å². The highest BCUT2D eigenvalue weighted by atomic mass is 16.7. The van der Waals surface area contributed by atoms with Crippen molar-refractivity contribution in [2.24, 2.45) is 5.73 Å². The summed E-state index contributed by atoms with van der Waals surface area (Å²) in [5.41, 5.74) is 6.45. The molecule has 116 valence electrons. The Hall–Kier alpha value is -2.28. The number of aliphatic hydroxyl groups excluding tert-OH is 1. The van der Waals surface area contributed by atoms with E-state index in [4.69, 9.17) is 19.9 Å². The molecular weight excluding hydrogens is 286 g/mol. The Labute approximate surface area is 127 Å². The Bertz CT molecular complexity index is 648. The van der Waals surface area contributed by atoms with E-state index >= 15 is 0 Å². The summed E-state index contributed by atoms with van der Waals surface area (Å²) in [6, 6.07) is 14.6. The van der Waals surface area contributed by atoms with Crippen LogP contribution in [-0.4, -0.2) is 28.8 Å². The van der Waals surface area contributed by atoms with E-state index in [0.717, 1.165) is 5.56 Å². The monoisotopic (exact) mass is 303 g/mol. The summed E-state index contributed by atoms with van der Waals surface area (Å²) in [5, 5.41) is 19.7. The Morgan fingerprint density at radius 3 is 2.64 bits per heavy atom. The van der Waals surface area contributed by atoms with E-state index in [9.17, 15) is 10.2 Å². The van der Waals surface area contributed by atoms with Crippen molar-refractivity contribution >= 4 is 0 Å². The average molecular weight is 303 g/mol. The Morgan fingerprint density at radius 1 is 1.14 bits per heavy atom. The molecule has 0 bridgehead atoms. The Morgan fingerprint density at radius 2 is 1.91 bits per heavy atom. The second-order valence-corrected chi connectivity index (χ2v) is 5.00. The van der Waals surface area contributed by atoms with Gasteiger partial charge in [-0.2, -0.15) is 0 Å². The van der Waals surface area contributed by atoms with Crippen molar-refractivity contribution in [3.63, 3.8) is 0 Å². The lowest BCUT2D eigenvalue weighted by Crippen LogP contribution is -2.57. The van der Waals surface area contributed by atoms with Gasteiger partial charge in [0, 0.05) is 6.07 Å². The first-order valence-electron chi connectivity index (χ1n) is 6.88. The smallest absolute Gasteiger partial charge is 0.283 e. The highest BCUT2D eigenvalue weighted by molar-refractivity contribution is 5.47. The molecule has 1 aliphatic heterocycles. The molecule has 3 rings (SSSR count). The fourth-order valence-corrected chi connectivity index (χ4v) is 2.09. The van der Waals surface area contributed by atoms with Crippen LogP contribution in [0.15, 0.2) is 48.5 Å². The summed E-state index contributed by atoms with van der Waals surface area (Å²) in [5.74, 6) is -0.825. The minimum atomic E-state index is -1.97. The Kier molecular flexibility index (Phi) is 3.89. The molecule has 0 spiro atoms. The molecule has 0 radical (unpaired) electrons. The molecule has 0 saturated heterocycles. The van der Waals surface area contributed by atoms with E-state index in [-0.39, 0.29) is 12.3 Å². The number of hydrogen-bond acceptors (Lipinski definition) is 6. The molecule has 2 aromatic rings. The van der Waals surface area contributed by atoms with Gasteiger partial charge >= 0.3 is 0 Å². The number of rotatable bonds is 4. The molecule has 1 aliphatic rings. The fourth-order valence-electron chi connectivity index (χ4n) is 2.09. The van der Waals surface area contributed by atoms with Gasteiger partial charge in [-0.3, -0.25) is 0 Å². The van der Waals surface area contributed by atoms with Crippen LogP contribution in [-0.2, 0) is 6.61 Å². The van der Waals surface area contributed by atoms with Crippen LogP contribution in [0.5, 0.6) is 17.2 Å². The third kappa shape index (κ3) is 2.85. The van der Waals surface area contributed by atoms with Crippen molar-refractivity contribution < 1.29 is 24.4 Å². The normalized spacial score (nSPS) is 23.1. The van der Waals surface area contributed by atoms with Gasteiger partial charge in [0.15, 0.2) is 11.5 Å². The lowest BCUT2D eigenvalue weighted by molar-refractivity contribution is -0.271. The SMILES string of the molecule is NCC1(O)Oc2cc(OCc3ccccc3)ccc2OC1O. The summed E-state index contributed by atoms with van der Waals surface area (Å²) in [4.78, 5) is 0. The van der Waals surface area contributed by atoms with Crippen LogP contribution in [0.3, 0.4) is 0 Å². The van der Waals surface area contributed by atoms with Crippen molar-refractivity contribution in [1.82, 2.24) is 0 Å². The van der Waals surface area contributed by atoms with E-state index in [1.165, 1.54) is 0 Å². The van der Waals surface area contributed by atoms with Crippen LogP contribution in [0.25, 0.3) is 0 Å². The summed E-state index contributed by atoms with van der Waals surface area (Å²) < 4.78 is 16.2. The van der Waals surface area contributed by atoms with Crippen molar-refractivity contribution in [3.05, 3.63) is 54.1 Å². The predicted octanol–water partition coefficient (Wildman–Crippen LogP) is 1.00. The first kappa shape index (κ1) is 14.6. The zero-order chi connectivity index (χ0) is 15.6. The molecule has 0 amide bonds. The van der Waals surface area contributed by atoms with Gasteiger partial charge in [0.05, 0.1) is 6.54 Å². The van der Waals surface area contributed by atoms with Crippen LogP contribution in [0.4, 0.5) is 0 Å². The minimum absolute atomic E-state index is 0.267. The fraction of sp³-hybridized carbons (Fsp3) is 0.250. The number of benzene rings is 2. The summed E-state index contributed by atoms with van der Waals surface area (Å²) in [7, 11) is 0. The highest BCUT2D eigenvalue weighted by Crippen LogP contribution is 2.39. The van der Waals surface area contributed by atoms with Crippen LogP contribution in [0.1, 0.15) is 5.56 Å². The summed E-state index contributed by atoms with van der Waals surface area (Å²) in [6.45, 7) is 0.104. The van der Waals surface area contributed by atoms with Crippen molar-refractivity contribution in [2.45, 2.75) is 18.7 Å². The number of ether oxygens (including phenoxy) is 3. The molecule has 4 N–H and O–H groups in total. The van der Waals surface area contributed by atoms with Gasteiger partial charge < -0.3 is 30.2 Å². The van der Waals surface area contributed by atoms with E-state index in [1.54, 1.807) is 18.2 Å². The van der Waals surface area contributed by atoms with E-state index in [1.807, 2.05) is 30.3 Å². The quantitative estimate of drug-likeness (QED) is 0.780. The number of nitrogens with two attached hydrogens (primary N) is 1. The van der Waals surface area contributed by atoms with E-state index in [2.05, 4.69) is 0 Å². The third-order valence-electron chi connectivity index (χ3n) is 3.37. The molecule has 0 aliphatic carbocycles. The molecule has 2 unspecified atom stereocenters. The first-order chi connectivity index (χ1) is 10.6. The molecule has 6 heteroatoms. The standard InChI is InChI=1S/C16H17NO5/c17-10-16(19)15(18)21-13-7-6-12(8-14(13)22-16)20-9-11-4-2-1-3-5-11/h1-8,15,18-19H,9-10,17H2. The van der Waals surface area contributed by atoms with Gasteiger partial charge in [-0.15, -0.1) is 0 Å². The highest BCUT2D eigenvalue weighted by Gasteiger charge is 2.43. The van der Waals surface area contributed by atoms with Crippen molar-refractivity contribution in [1.29, 1.82) is 0 Å². The molecule has 1 heterocycles. The van der Waals surface area contributed by atoms with Gasteiger partial charge in [-0.1, -0.05) is 30.3 Å². The average Bonchev–Trinajstić information content (AvgIpc) is 2.55. The topological polar surface area (TPSA) is 94.2 Å². The molecule has 22 heavy (non-hydrogen) atoms. The lowest BCUT2D eigenvalue weighted by atomic mass is 10.2. The maximum Gasteiger partial charge on any atom is 0.283 e. The maximum atomic E-state index is 10.0. The van der Waals surface area contributed by atoms with Gasteiger partial charge in [0.1, 0.15) is 12.4 Å². The molecule has 2 aromatic carbocycles. The van der Waals surface area contributed by atoms with Gasteiger partial charge in [-0.05, 0) is 17.7 Å². The van der Waals surface area contributed by atoms with Gasteiger partial charge in [0.2, 0.25) is 0 Å². The van der Waals surface area contributed by atoms with E-state index < -0.39 is 12.1 Å². The maximum absolute atomic E-state index is 10.0. The zero-order valence-corrected chi connectivity index (χ0v) is 11.8. The molecule has 0 saturated carbocycles. The number of fused-ring (bicyclic) bond motifs is 1. The summed E-state index contributed by atoms with van der Waals surface area (Å²) in [6.07, 6.45) is -1.54. The van der Waals surface area contributed by atoms with Crippen LogP contribution < -0.4 is 19.9 Å². The summed E-state index contributed by atoms with van der Waals surface area (Å²) >= 11 is 0. The molecular formula is C16H17NO5. The second-order valence-electron chi connectivity index (χ2n) is 5.00. The second kappa shape index (κ2) is 5.84. The van der Waals surface area contributed by atoms with Crippen LogP contribution in [0, 0.1) is 0 Å². The van der Waals surface area contributed by atoms with Crippen molar-refractivity contribution in [3.8, 4) is 17.2 Å². The zero-order valence-electron chi connectivity index (χ0n) is 11.8. The van der Waals surface area contributed by atoms with Gasteiger partial charge in [0.25, 0.3) is 12.1 Å². The molecule has 6 nitrogen and oxygen atoms in total. The molecule has 0 aromatic heterocycles. The number of hydrogen-bond donors (Lipinski definition) is 3.